The normalized spacial score (nSPS) is 17.9. The third kappa shape index (κ3) is 4.61. The highest BCUT2D eigenvalue weighted by atomic mass is 16.1. The van der Waals surface area contributed by atoms with Crippen molar-refractivity contribution in [1.29, 1.82) is 0 Å². The molecule has 0 aromatic rings. The molecule has 1 aliphatic carbocycles. The Morgan fingerprint density at radius 2 is 2.14 bits per heavy atom. The molecule has 0 heterocycles. The van der Waals surface area contributed by atoms with Crippen LogP contribution < -0.4 is 10.6 Å². The molecule has 1 saturated carbocycles. The molecule has 2 N–H and O–H groups in total. The van der Waals surface area contributed by atoms with Crippen LogP contribution in [0.5, 0.6) is 0 Å². The van der Waals surface area contributed by atoms with Gasteiger partial charge in [0.05, 0.1) is 6.54 Å². The molecule has 1 atom stereocenters. The fraction of sp³-hybridized carbons (Fsp3) is 0.909. The highest BCUT2D eigenvalue weighted by Gasteiger charge is 2.21. The lowest BCUT2D eigenvalue weighted by Crippen LogP contribution is -2.40. The van der Waals surface area contributed by atoms with Gasteiger partial charge < -0.3 is 10.6 Å². The molecule has 0 aromatic heterocycles. The second-order valence-electron chi connectivity index (χ2n) is 4.12. The minimum absolute atomic E-state index is 0.150. The summed E-state index contributed by atoms with van der Waals surface area (Å²) in [7, 11) is 0. The molecule has 1 amide bonds. The summed E-state index contributed by atoms with van der Waals surface area (Å²) in [5.41, 5.74) is 0. The Balaban J connectivity index is 2.09. The summed E-state index contributed by atoms with van der Waals surface area (Å²) >= 11 is 0. The average molecular weight is 198 g/mol. The van der Waals surface area contributed by atoms with E-state index in [1.165, 1.54) is 12.8 Å². The third-order valence-electron chi connectivity index (χ3n) is 2.62. The fourth-order valence-corrected chi connectivity index (χ4v) is 1.53. The van der Waals surface area contributed by atoms with Gasteiger partial charge in [0.2, 0.25) is 5.91 Å². The molecule has 82 valence electrons. The van der Waals surface area contributed by atoms with E-state index in [0.29, 0.717) is 18.6 Å². The van der Waals surface area contributed by atoms with Gasteiger partial charge in [0.15, 0.2) is 0 Å². The summed E-state index contributed by atoms with van der Waals surface area (Å²) < 4.78 is 0. The molecular weight excluding hydrogens is 176 g/mol. The molecule has 0 spiro atoms. The Kier molecular flexibility index (Phi) is 4.94. The first-order valence-corrected chi connectivity index (χ1v) is 5.79. The van der Waals surface area contributed by atoms with Crippen molar-refractivity contribution in [1.82, 2.24) is 10.6 Å². The van der Waals surface area contributed by atoms with Crippen LogP contribution in [0.4, 0.5) is 0 Å². The molecular formula is C11H22N2O. The maximum absolute atomic E-state index is 11.4. The highest BCUT2D eigenvalue weighted by Crippen LogP contribution is 2.17. The van der Waals surface area contributed by atoms with Gasteiger partial charge in [-0.25, -0.2) is 0 Å². The molecule has 0 bridgehead atoms. The smallest absolute Gasteiger partial charge is 0.234 e. The van der Waals surface area contributed by atoms with Gasteiger partial charge in [-0.05, 0) is 25.7 Å². The van der Waals surface area contributed by atoms with Crippen molar-refractivity contribution < 1.29 is 4.79 Å². The second kappa shape index (κ2) is 6.02. The molecule has 3 heteroatoms. The largest absolute Gasteiger partial charge is 0.352 e. The zero-order valence-corrected chi connectivity index (χ0v) is 9.31. The number of amides is 1. The Bertz CT molecular complexity index is 178. The van der Waals surface area contributed by atoms with Crippen molar-refractivity contribution in [2.24, 2.45) is 0 Å². The average Bonchev–Trinajstić information content (AvgIpc) is 2.97. The van der Waals surface area contributed by atoms with E-state index in [1.54, 1.807) is 0 Å². The van der Waals surface area contributed by atoms with Gasteiger partial charge in [0.25, 0.3) is 0 Å². The van der Waals surface area contributed by atoms with Crippen molar-refractivity contribution in [3.63, 3.8) is 0 Å². The van der Waals surface area contributed by atoms with Crippen LogP contribution in [0.25, 0.3) is 0 Å². The quantitative estimate of drug-likeness (QED) is 0.650. The first kappa shape index (κ1) is 11.5. The van der Waals surface area contributed by atoms with Gasteiger partial charge in [-0.15, -0.1) is 0 Å². The minimum atomic E-state index is 0.150. The van der Waals surface area contributed by atoms with E-state index < -0.39 is 0 Å². The standard InChI is InChI=1S/C11H22N2O/c1-3-5-9(4-2)13-11(14)8-12-10-6-7-10/h9-10,12H,3-8H2,1-2H3,(H,13,14). The van der Waals surface area contributed by atoms with Crippen molar-refractivity contribution >= 4 is 5.91 Å². The molecule has 1 fully saturated rings. The van der Waals surface area contributed by atoms with Crippen LogP contribution in [-0.4, -0.2) is 24.5 Å². The Morgan fingerprint density at radius 1 is 1.43 bits per heavy atom. The van der Waals surface area contributed by atoms with Crippen LogP contribution >= 0.6 is 0 Å². The zero-order chi connectivity index (χ0) is 10.4. The number of hydrogen-bond acceptors (Lipinski definition) is 2. The lowest BCUT2D eigenvalue weighted by atomic mass is 10.1. The van der Waals surface area contributed by atoms with Crippen LogP contribution in [0.1, 0.15) is 46.0 Å². The monoisotopic (exact) mass is 198 g/mol. The number of nitrogens with one attached hydrogen (secondary N) is 2. The lowest BCUT2D eigenvalue weighted by Gasteiger charge is -2.16. The maximum atomic E-state index is 11.4. The third-order valence-corrected chi connectivity index (χ3v) is 2.62. The number of carbonyl (C=O) groups excluding carboxylic acids is 1. The SMILES string of the molecule is CCCC(CC)NC(=O)CNC1CC1. The van der Waals surface area contributed by atoms with Crippen molar-refractivity contribution in [2.75, 3.05) is 6.54 Å². The predicted molar refractivity (Wildman–Crippen MR) is 58.2 cm³/mol. The topological polar surface area (TPSA) is 41.1 Å². The van der Waals surface area contributed by atoms with Gasteiger partial charge in [-0.3, -0.25) is 4.79 Å². The highest BCUT2D eigenvalue weighted by molar-refractivity contribution is 5.78. The van der Waals surface area contributed by atoms with Crippen LogP contribution in [0.15, 0.2) is 0 Å². The molecule has 1 unspecified atom stereocenters. The van der Waals surface area contributed by atoms with Crippen LogP contribution in [-0.2, 0) is 4.79 Å². The number of rotatable bonds is 7. The summed E-state index contributed by atoms with van der Waals surface area (Å²) in [6.45, 7) is 4.76. The Morgan fingerprint density at radius 3 is 2.64 bits per heavy atom. The molecule has 0 aromatic carbocycles. The van der Waals surface area contributed by atoms with Crippen LogP contribution in [0.2, 0.25) is 0 Å². The van der Waals surface area contributed by atoms with E-state index >= 15 is 0 Å². The minimum Gasteiger partial charge on any atom is -0.352 e. The van der Waals surface area contributed by atoms with Gasteiger partial charge >= 0.3 is 0 Å². The number of hydrogen-bond donors (Lipinski definition) is 2. The van der Waals surface area contributed by atoms with Gasteiger partial charge in [0, 0.05) is 12.1 Å². The summed E-state index contributed by atoms with van der Waals surface area (Å²) in [4.78, 5) is 11.4. The second-order valence-corrected chi connectivity index (χ2v) is 4.12. The lowest BCUT2D eigenvalue weighted by molar-refractivity contribution is -0.121. The zero-order valence-electron chi connectivity index (χ0n) is 9.31. The molecule has 0 saturated heterocycles. The van der Waals surface area contributed by atoms with Gasteiger partial charge in [-0.1, -0.05) is 20.3 Å². The first-order valence-electron chi connectivity index (χ1n) is 5.79. The molecule has 14 heavy (non-hydrogen) atoms. The molecule has 0 aliphatic heterocycles. The summed E-state index contributed by atoms with van der Waals surface area (Å²) in [6.07, 6.45) is 5.72. The number of carbonyl (C=O) groups is 1. The van der Waals surface area contributed by atoms with E-state index in [2.05, 4.69) is 24.5 Å². The van der Waals surface area contributed by atoms with E-state index in [4.69, 9.17) is 0 Å². The first-order chi connectivity index (χ1) is 6.76. The maximum Gasteiger partial charge on any atom is 0.234 e. The molecule has 1 aliphatic rings. The Labute approximate surface area is 86.6 Å². The van der Waals surface area contributed by atoms with E-state index in [9.17, 15) is 4.79 Å². The van der Waals surface area contributed by atoms with Crippen molar-refractivity contribution in [3.8, 4) is 0 Å². The van der Waals surface area contributed by atoms with E-state index in [0.717, 1.165) is 19.3 Å². The molecule has 3 nitrogen and oxygen atoms in total. The summed E-state index contributed by atoms with van der Waals surface area (Å²) in [5, 5.41) is 6.27. The van der Waals surface area contributed by atoms with Crippen molar-refractivity contribution in [2.45, 2.75) is 58.0 Å². The molecule has 0 radical (unpaired) electrons. The fourth-order valence-electron chi connectivity index (χ4n) is 1.53. The van der Waals surface area contributed by atoms with E-state index in [1.807, 2.05) is 0 Å². The van der Waals surface area contributed by atoms with Crippen molar-refractivity contribution in [3.05, 3.63) is 0 Å². The van der Waals surface area contributed by atoms with Gasteiger partial charge in [-0.2, -0.15) is 0 Å². The van der Waals surface area contributed by atoms with Crippen LogP contribution in [0.3, 0.4) is 0 Å². The van der Waals surface area contributed by atoms with Crippen LogP contribution in [0, 0.1) is 0 Å². The summed E-state index contributed by atoms with van der Waals surface area (Å²) in [5.74, 6) is 0.150. The Hall–Kier alpha value is -0.570. The van der Waals surface area contributed by atoms with E-state index in [-0.39, 0.29) is 5.91 Å². The predicted octanol–water partition coefficient (Wildman–Crippen LogP) is 1.43. The molecule has 1 rings (SSSR count). The van der Waals surface area contributed by atoms with Gasteiger partial charge in [0.1, 0.15) is 0 Å². The summed E-state index contributed by atoms with van der Waals surface area (Å²) in [6, 6.07) is 0.987.